The average molecular weight is 240 g/mol. The molecule has 3 N–H and O–H groups in total. The van der Waals surface area contributed by atoms with Crippen molar-refractivity contribution in [1.82, 2.24) is 14.7 Å². The van der Waals surface area contributed by atoms with E-state index in [1.54, 1.807) is 45.0 Å². The minimum atomic E-state index is -0.931. The summed E-state index contributed by atoms with van der Waals surface area (Å²) in [5.74, 6) is -0.236. The van der Waals surface area contributed by atoms with Gasteiger partial charge in [-0.25, -0.2) is 0 Å². The zero-order chi connectivity index (χ0) is 13.2. The highest BCUT2D eigenvalue weighted by molar-refractivity contribution is 5.82. The van der Waals surface area contributed by atoms with Crippen molar-refractivity contribution in [1.29, 1.82) is 0 Å². The Kier molecular flexibility index (Phi) is 3.90. The first-order chi connectivity index (χ1) is 7.70. The minimum Gasteiger partial charge on any atom is -0.389 e. The van der Waals surface area contributed by atoms with Crippen LogP contribution in [0.4, 0.5) is 0 Å². The molecule has 0 saturated heterocycles. The molecule has 0 bridgehead atoms. The van der Waals surface area contributed by atoms with Gasteiger partial charge in [-0.2, -0.15) is 5.10 Å². The first kappa shape index (κ1) is 13.7. The smallest absolute Gasteiger partial charge is 0.244 e. The third-order valence-electron chi connectivity index (χ3n) is 2.35. The van der Waals surface area contributed by atoms with Crippen LogP contribution < -0.4 is 5.73 Å². The minimum absolute atomic E-state index is 0.236. The third kappa shape index (κ3) is 3.83. The van der Waals surface area contributed by atoms with Crippen LogP contribution in [-0.2, 0) is 11.8 Å². The third-order valence-corrected chi connectivity index (χ3v) is 2.35. The molecular formula is C11H20N4O2. The molecule has 0 saturated carbocycles. The van der Waals surface area contributed by atoms with Crippen molar-refractivity contribution < 1.29 is 9.90 Å². The van der Waals surface area contributed by atoms with Crippen molar-refractivity contribution in [2.45, 2.75) is 25.5 Å². The van der Waals surface area contributed by atoms with E-state index in [4.69, 9.17) is 5.73 Å². The number of likely N-dealkylation sites (N-methyl/N-ethyl adjacent to an activating group) is 1. The molecule has 0 aromatic carbocycles. The van der Waals surface area contributed by atoms with Crippen molar-refractivity contribution in [2.75, 3.05) is 13.6 Å². The highest BCUT2D eigenvalue weighted by atomic mass is 16.3. The van der Waals surface area contributed by atoms with Gasteiger partial charge in [-0.15, -0.1) is 0 Å². The van der Waals surface area contributed by atoms with Crippen molar-refractivity contribution >= 4 is 5.91 Å². The van der Waals surface area contributed by atoms with Gasteiger partial charge < -0.3 is 15.7 Å². The van der Waals surface area contributed by atoms with E-state index >= 15 is 0 Å². The van der Waals surface area contributed by atoms with Crippen LogP contribution in [-0.4, -0.2) is 44.9 Å². The molecule has 6 nitrogen and oxygen atoms in total. The molecule has 1 aromatic rings. The molecule has 17 heavy (non-hydrogen) atoms. The quantitative estimate of drug-likeness (QED) is 0.753. The summed E-state index contributed by atoms with van der Waals surface area (Å²) >= 11 is 0. The van der Waals surface area contributed by atoms with Gasteiger partial charge in [-0.3, -0.25) is 9.48 Å². The number of hydrogen-bond acceptors (Lipinski definition) is 4. The lowest BCUT2D eigenvalue weighted by Gasteiger charge is -2.27. The molecule has 0 radical (unpaired) electrons. The van der Waals surface area contributed by atoms with E-state index in [1.807, 2.05) is 0 Å². The van der Waals surface area contributed by atoms with Gasteiger partial charge in [0.25, 0.3) is 0 Å². The molecule has 1 heterocycles. The summed E-state index contributed by atoms with van der Waals surface area (Å²) in [5.41, 5.74) is 5.58. The molecule has 1 amide bonds. The first-order valence-corrected chi connectivity index (χ1v) is 5.42. The Labute approximate surface area is 101 Å². The van der Waals surface area contributed by atoms with Crippen LogP contribution in [0.15, 0.2) is 12.4 Å². The molecule has 1 rings (SSSR count). The van der Waals surface area contributed by atoms with Crippen LogP contribution in [0.1, 0.15) is 25.5 Å². The Bertz CT molecular complexity index is 394. The number of aryl methyl sites for hydroxylation is 1. The number of nitrogens with zero attached hydrogens (tertiary/aromatic N) is 3. The molecule has 1 unspecified atom stereocenters. The van der Waals surface area contributed by atoms with E-state index in [1.165, 1.54) is 4.90 Å². The summed E-state index contributed by atoms with van der Waals surface area (Å²) in [4.78, 5) is 13.4. The standard InChI is InChI=1S/C11H20N4O2/c1-11(2,17)7-14(3)10(16)9(12)8-5-13-15(4)6-8/h5-6,9,17H,7,12H2,1-4H3. The van der Waals surface area contributed by atoms with Crippen molar-refractivity contribution in [3.05, 3.63) is 18.0 Å². The molecule has 0 aliphatic carbocycles. The molecule has 0 fully saturated rings. The molecule has 6 heteroatoms. The lowest BCUT2D eigenvalue weighted by molar-refractivity contribution is -0.134. The molecular weight excluding hydrogens is 220 g/mol. The van der Waals surface area contributed by atoms with Crippen molar-refractivity contribution in [2.24, 2.45) is 12.8 Å². The number of carbonyl (C=O) groups excluding carboxylic acids is 1. The van der Waals surface area contributed by atoms with Crippen LogP contribution in [0, 0.1) is 0 Å². The van der Waals surface area contributed by atoms with Crippen molar-refractivity contribution in [3.8, 4) is 0 Å². The molecule has 0 aliphatic heterocycles. The van der Waals surface area contributed by atoms with Gasteiger partial charge in [0.2, 0.25) is 5.91 Å². The molecule has 0 aliphatic rings. The topological polar surface area (TPSA) is 84.4 Å². The predicted molar refractivity (Wildman–Crippen MR) is 64.1 cm³/mol. The van der Waals surface area contributed by atoms with E-state index in [0.717, 1.165) is 0 Å². The van der Waals surface area contributed by atoms with Crippen LogP contribution in [0.25, 0.3) is 0 Å². The van der Waals surface area contributed by atoms with Gasteiger partial charge >= 0.3 is 0 Å². The Balaban J connectivity index is 2.70. The second-order valence-electron chi connectivity index (χ2n) is 4.93. The molecule has 96 valence electrons. The molecule has 1 atom stereocenters. The Hall–Kier alpha value is -1.40. The van der Waals surface area contributed by atoms with Gasteiger partial charge in [0.15, 0.2) is 0 Å². The van der Waals surface area contributed by atoms with Gasteiger partial charge in [-0.1, -0.05) is 0 Å². The average Bonchev–Trinajstić information content (AvgIpc) is 2.60. The second kappa shape index (κ2) is 4.85. The Morgan fingerprint density at radius 2 is 2.29 bits per heavy atom. The SMILES string of the molecule is CN(CC(C)(C)O)C(=O)C(N)c1cnn(C)c1. The maximum absolute atomic E-state index is 12.0. The second-order valence-corrected chi connectivity index (χ2v) is 4.93. The normalized spacial score (nSPS) is 13.5. The molecule has 0 spiro atoms. The summed E-state index contributed by atoms with van der Waals surface area (Å²) < 4.78 is 1.60. The van der Waals surface area contributed by atoms with Crippen LogP contribution in [0.2, 0.25) is 0 Å². The zero-order valence-corrected chi connectivity index (χ0v) is 10.7. The highest BCUT2D eigenvalue weighted by Gasteiger charge is 2.25. The predicted octanol–water partition coefficient (Wildman–Crippen LogP) is -0.351. The number of nitrogens with two attached hydrogens (primary N) is 1. The fourth-order valence-electron chi connectivity index (χ4n) is 1.64. The van der Waals surface area contributed by atoms with Gasteiger partial charge in [-0.05, 0) is 13.8 Å². The van der Waals surface area contributed by atoms with Gasteiger partial charge in [0.1, 0.15) is 6.04 Å². The number of hydrogen-bond donors (Lipinski definition) is 2. The highest BCUT2D eigenvalue weighted by Crippen LogP contribution is 2.13. The summed E-state index contributed by atoms with van der Waals surface area (Å²) in [7, 11) is 3.39. The van der Waals surface area contributed by atoms with E-state index in [-0.39, 0.29) is 12.5 Å². The number of aliphatic hydroxyl groups is 1. The summed E-state index contributed by atoms with van der Waals surface area (Å²) in [6, 6.07) is -0.740. The number of amides is 1. The lowest BCUT2D eigenvalue weighted by atomic mass is 10.1. The van der Waals surface area contributed by atoms with Crippen LogP contribution in [0.5, 0.6) is 0 Å². The summed E-state index contributed by atoms with van der Waals surface area (Å²) in [6.07, 6.45) is 3.28. The van der Waals surface area contributed by atoms with E-state index in [2.05, 4.69) is 5.10 Å². The Morgan fingerprint density at radius 3 is 2.71 bits per heavy atom. The first-order valence-electron chi connectivity index (χ1n) is 5.42. The monoisotopic (exact) mass is 240 g/mol. The maximum Gasteiger partial charge on any atom is 0.244 e. The summed E-state index contributed by atoms with van der Waals surface area (Å²) in [6.45, 7) is 3.53. The fourth-order valence-corrected chi connectivity index (χ4v) is 1.64. The number of rotatable bonds is 4. The van der Waals surface area contributed by atoms with Gasteiger partial charge in [0, 0.05) is 32.4 Å². The Morgan fingerprint density at radius 1 is 1.71 bits per heavy atom. The maximum atomic E-state index is 12.0. The van der Waals surface area contributed by atoms with E-state index in [9.17, 15) is 9.90 Å². The number of aromatic nitrogens is 2. The van der Waals surface area contributed by atoms with Crippen molar-refractivity contribution in [3.63, 3.8) is 0 Å². The van der Waals surface area contributed by atoms with Crippen LogP contribution in [0.3, 0.4) is 0 Å². The fraction of sp³-hybridized carbons (Fsp3) is 0.636. The van der Waals surface area contributed by atoms with Crippen LogP contribution >= 0.6 is 0 Å². The van der Waals surface area contributed by atoms with E-state index in [0.29, 0.717) is 5.56 Å². The largest absolute Gasteiger partial charge is 0.389 e. The van der Waals surface area contributed by atoms with Gasteiger partial charge in [0.05, 0.1) is 11.8 Å². The number of carbonyl (C=O) groups is 1. The molecule has 1 aromatic heterocycles. The van der Waals surface area contributed by atoms with E-state index < -0.39 is 11.6 Å². The summed E-state index contributed by atoms with van der Waals surface area (Å²) in [5, 5.41) is 13.6. The zero-order valence-electron chi connectivity index (χ0n) is 10.7. The lowest BCUT2D eigenvalue weighted by Crippen LogP contribution is -2.43.